The highest BCUT2D eigenvalue weighted by atomic mass is 19.1. The van der Waals surface area contributed by atoms with Gasteiger partial charge < -0.3 is 10.6 Å². The zero-order valence-corrected chi connectivity index (χ0v) is 10.8. The zero-order chi connectivity index (χ0) is 13.3. The van der Waals surface area contributed by atoms with E-state index in [1.54, 1.807) is 10.7 Å². The van der Waals surface area contributed by atoms with Gasteiger partial charge in [-0.25, -0.2) is 4.39 Å². The predicted octanol–water partition coefficient (Wildman–Crippen LogP) is 2.61. The molecule has 0 saturated heterocycles. The first-order valence-electron chi connectivity index (χ1n) is 5.86. The van der Waals surface area contributed by atoms with Gasteiger partial charge in [0.05, 0.1) is 11.4 Å². The van der Waals surface area contributed by atoms with E-state index in [1.807, 2.05) is 31.9 Å². The third-order valence-corrected chi connectivity index (χ3v) is 2.93. The molecule has 0 aliphatic rings. The summed E-state index contributed by atoms with van der Waals surface area (Å²) in [7, 11) is 1.83. The second kappa shape index (κ2) is 4.68. The number of aryl methyl sites for hydroxylation is 2. The minimum atomic E-state index is -0.261. The normalized spacial score (nSPS) is 10.7. The Morgan fingerprint density at radius 2 is 2.17 bits per heavy atom. The first kappa shape index (κ1) is 12.4. The van der Waals surface area contributed by atoms with Gasteiger partial charge in [0.2, 0.25) is 0 Å². The molecular weight excluding hydrogens is 231 g/mol. The summed E-state index contributed by atoms with van der Waals surface area (Å²) in [5, 5.41) is 4.28. The lowest BCUT2D eigenvalue weighted by molar-refractivity contribution is 0.627. The highest BCUT2D eigenvalue weighted by Gasteiger charge is 2.17. The van der Waals surface area contributed by atoms with Crippen molar-refractivity contribution < 1.29 is 4.39 Å². The molecular formula is C13H17FN4. The van der Waals surface area contributed by atoms with E-state index in [1.165, 1.54) is 12.1 Å². The van der Waals surface area contributed by atoms with E-state index in [9.17, 15) is 4.39 Å². The summed E-state index contributed by atoms with van der Waals surface area (Å²) in [4.78, 5) is 1.94. The largest absolute Gasteiger partial charge is 0.394 e. The highest BCUT2D eigenvalue weighted by Crippen LogP contribution is 2.31. The average molecular weight is 248 g/mol. The van der Waals surface area contributed by atoms with E-state index in [-0.39, 0.29) is 5.82 Å². The zero-order valence-electron chi connectivity index (χ0n) is 10.8. The maximum absolute atomic E-state index is 13.3. The first-order chi connectivity index (χ1) is 8.54. The number of benzene rings is 1. The molecule has 1 aromatic carbocycles. The monoisotopic (exact) mass is 248 g/mol. The lowest BCUT2D eigenvalue weighted by atomic mass is 10.2. The van der Waals surface area contributed by atoms with Gasteiger partial charge in [-0.05, 0) is 32.0 Å². The fourth-order valence-electron chi connectivity index (χ4n) is 2.08. The molecule has 0 atom stereocenters. The Hall–Kier alpha value is -2.04. The second-order valence-corrected chi connectivity index (χ2v) is 4.17. The van der Waals surface area contributed by atoms with Crippen molar-refractivity contribution in [3.8, 4) is 0 Å². The van der Waals surface area contributed by atoms with Crippen LogP contribution < -0.4 is 10.6 Å². The van der Waals surface area contributed by atoms with Crippen LogP contribution in [0.4, 0.5) is 21.6 Å². The summed E-state index contributed by atoms with van der Waals surface area (Å²) in [6.07, 6.45) is 0. The van der Waals surface area contributed by atoms with E-state index in [2.05, 4.69) is 5.10 Å². The summed E-state index contributed by atoms with van der Waals surface area (Å²) in [6.45, 7) is 4.54. The van der Waals surface area contributed by atoms with Crippen LogP contribution >= 0.6 is 0 Å². The minimum absolute atomic E-state index is 0.261. The molecule has 0 amide bonds. The molecule has 0 fully saturated rings. The standard InChI is InChI=1S/C13H17FN4/c1-4-18(11-7-5-6-10(14)8-11)13-12(15)9(2)16-17(13)3/h5-8H,4,15H2,1-3H3. The Bertz CT molecular complexity index is 562. The number of nitrogens with two attached hydrogens (primary N) is 1. The molecule has 0 aliphatic heterocycles. The molecule has 1 aromatic heterocycles. The Balaban J connectivity index is 2.52. The molecule has 0 aliphatic carbocycles. The molecule has 4 nitrogen and oxygen atoms in total. The molecule has 0 unspecified atom stereocenters. The lowest BCUT2D eigenvalue weighted by Gasteiger charge is -2.23. The second-order valence-electron chi connectivity index (χ2n) is 4.17. The number of anilines is 3. The van der Waals surface area contributed by atoms with Crippen LogP contribution in [0, 0.1) is 12.7 Å². The molecule has 5 heteroatoms. The van der Waals surface area contributed by atoms with Crippen molar-refractivity contribution in [3.63, 3.8) is 0 Å². The van der Waals surface area contributed by atoms with Crippen LogP contribution in [0.15, 0.2) is 24.3 Å². The number of nitrogen functional groups attached to an aromatic ring is 1. The number of hydrogen-bond acceptors (Lipinski definition) is 3. The maximum atomic E-state index is 13.3. The van der Waals surface area contributed by atoms with Gasteiger partial charge in [-0.3, -0.25) is 4.68 Å². The quantitative estimate of drug-likeness (QED) is 0.908. The first-order valence-corrected chi connectivity index (χ1v) is 5.86. The van der Waals surface area contributed by atoms with E-state index in [0.717, 1.165) is 17.2 Å². The van der Waals surface area contributed by atoms with Crippen molar-refractivity contribution in [2.24, 2.45) is 7.05 Å². The van der Waals surface area contributed by atoms with E-state index >= 15 is 0 Å². The molecule has 0 spiro atoms. The van der Waals surface area contributed by atoms with Gasteiger partial charge in [-0.1, -0.05) is 6.07 Å². The Kier molecular flexibility index (Phi) is 3.23. The van der Waals surface area contributed by atoms with Crippen LogP contribution in [0.5, 0.6) is 0 Å². The molecule has 0 bridgehead atoms. The third kappa shape index (κ3) is 2.03. The number of aromatic nitrogens is 2. The van der Waals surface area contributed by atoms with Crippen molar-refractivity contribution >= 4 is 17.2 Å². The smallest absolute Gasteiger partial charge is 0.154 e. The SMILES string of the molecule is CCN(c1cccc(F)c1)c1c(N)c(C)nn1C. The van der Waals surface area contributed by atoms with Crippen molar-refractivity contribution in [1.29, 1.82) is 0 Å². The van der Waals surface area contributed by atoms with Gasteiger partial charge in [0.1, 0.15) is 5.82 Å². The number of halogens is 1. The van der Waals surface area contributed by atoms with Crippen LogP contribution in [0.3, 0.4) is 0 Å². The van der Waals surface area contributed by atoms with E-state index < -0.39 is 0 Å². The number of nitrogens with zero attached hydrogens (tertiary/aromatic N) is 3. The van der Waals surface area contributed by atoms with Gasteiger partial charge >= 0.3 is 0 Å². The molecule has 2 rings (SSSR count). The van der Waals surface area contributed by atoms with Gasteiger partial charge in [0, 0.05) is 19.3 Å². The summed E-state index contributed by atoms with van der Waals surface area (Å²) in [5.41, 5.74) is 8.22. The molecule has 18 heavy (non-hydrogen) atoms. The minimum Gasteiger partial charge on any atom is -0.394 e. The number of rotatable bonds is 3. The van der Waals surface area contributed by atoms with E-state index in [0.29, 0.717) is 12.2 Å². The van der Waals surface area contributed by atoms with Crippen molar-refractivity contribution in [2.45, 2.75) is 13.8 Å². The van der Waals surface area contributed by atoms with Gasteiger partial charge in [0.15, 0.2) is 5.82 Å². The van der Waals surface area contributed by atoms with Crippen LogP contribution in [0.25, 0.3) is 0 Å². The Labute approximate surface area is 106 Å². The Morgan fingerprint density at radius 3 is 2.67 bits per heavy atom. The summed E-state index contributed by atoms with van der Waals surface area (Å²) < 4.78 is 15.0. The lowest BCUT2D eigenvalue weighted by Crippen LogP contribution is -2.20. The van der Waals surface area contributed by atoms with Gasteiger partial charge in [0.25, 0.3) is 0 Å². The van der Waals surface area contributed by atoms with E-state index in [4.69, 9.17) is 5.73 Å². The fraction of sp³-hybridized carbons (Fsp3) is 0.308. The van der Waals surface area contributed by atoms with Gasteiger partial charge in [-0.15, -0.1) is 0 Å². The van der Waals surface area contributed by atoms with Crippen molar-refractivity contribution in [2.75, 3.05) is 17.2 Å². The average Bonchev–Trinajstić information content (AvgIpc) is 2.57. The number of hydrogen-bond donors (Lipinski definition) is 1. The van der Waals surface area contributed by atoms with Crippen LogP contribution in [0.1, 0.15) is 12.6 Å². The summed E-state index contributed by atoms with van der Waals surface area (Å²) in [5.74, 6) is 0.531. The molecule has 2 aromatic rings. The fourth-order valence-corrected chi connectivity index (χ4v) is 2.08. The molecule has 0 saturated carbocycles. The maximum Gasteiger partial charge on any atom is 0.154 e. The highest BCUT2D eigenvalue weighted by molar-refractivity contribution is 5.73. The van der Waals surface area contributed by atoms with Gasteiger partial charge in [-0.2, -0.15) is 5.10 Å². The summed E-state index contributed by atoms with van der Waals surface area (Å²) >= 11 is 0. The van der Waals surface area contributed by atoms with Crippen LogP contribution in [-0.4, -0.2) is 16.3 Å². The molecule has 1 heterocycles. The van der Waals surface area contributed by atoms with Crippen molar-refractivity contribution in [3.05, 3.63) is 35.8 Å². The predicted molar refractivity (Wildman–Crippen MR) is 71.4 cm³/mol. The van der Waals surface area contributed by atoms with Crippen LogP contribution in [0.2, 0.25) is 0 Å². The summed E-state index contributed by atoms with van der Waals surface area (Å²) in [6, 6.07) is 6.46. The van der Waals surface area contributed by atoms with Crippen molar-refractivity contribution in [1.82, 2.24) is 9.78 Å². The van der Waals surface area contributed by atoms with Crippen LogP contribution in [-0.2, 0) is 7.05 Å². The topological polar surface area (TPSA) is 47.1 Å². The molecule has 2 N–H and O–H groups in total. The molecule has 96 valence electrons. The third-order valence-electron chi connectivity index (χ3n) is 2.93. The molecule has 0 radical (unpaired) electrons. The Morgan fingerprint density at radius 1 is 1.44 bits per heavy atom.